The molecule has 0 aromatic heterocycles. The Kier molecular flexibility index (Phi) is 12.4. The van der Waals surface area contributed by atoms with Crippen molar-refractivity contribution in [3.05, 3.63) is 0 Å². The molecule has 0 heterocycles. The molecule has 0 saturated carbocycles. The summed E-state index contributed by atoms with van der Waals surface area (Å²) in [5, 5.41) is 0. The van der Waals surface area contributed by atoms with Gasteiger partial charge in [-0.05, 0) is 32.6 Å². The van der Waals surface area contributed by atoms with Crippen LogP contribution in [0, 0.1) is 0 Å². The van der Waals surface area contributed by atoms with E-state index in [1.54, 1.807) is 0 Å². The number of rotatable bonds is 13. The van der Waals surface area contributed by atoms with Crippen molar-refractivity contribution in [2.75, 3.05) is 0 Å². The summed E-state index contributed by atoms with van der Waals surface area (Å²) in [5.74, 6) is -0.147. The van der Waals surface area contributed by atoms with Gasteiger partial charge in [-0.15, -0.1) is 0 Å². The van der Waals surface area contributed by atoms with Gasteiger partial charge in [0.25, 0.3) is 0 Å². The van der Waals surface area contributed by atoms with Gasteiger partial charge in [0, 0.05) is 19.3 Å². The Labute approximate surface area is 115 Å². The maximum Gasteiger partial charge on any atom is 0.306 e. The predicted molar refractivity (Wildman–Crippen MR) is 73.9 cm³/mol. The molecule has 1 unspecified atom stereocenters. The zero-order valence-electron chi connectivity index (χ0n) is 11.9. The van der Waals surface area contributed by atoms with E-state index >= 15 is 0 Å². The van der Waals surface area contributed by atoms with Gasteiger partial charge < -0.3 is 14.3 Å². The van der Waals surface area contributed by atoms with Crippen molar-refractivity contribution in [1.29, 1.82) is 0 Å². The van der Waals surface area contributed by atoms with Crippen LogP contribution in [0.25, 0.3) is 0 Å². The average molecular weight is 270 g/mol. The first-order valence-electron chi connectivity index (χ1n) is 7.27. The summed E-state index contributed by atoms with van der Waals surface area (Å²) in [4.78, 5) is 31.7. The molecule has 0 rings (SSSR count). The van der Waals surface area contributed by atoms with Crippen molar-refractivity contribution >= 4 is 18.5 Å². The molecular formula is C15H26O4. The van der Waals surface area contributed by atoms with Crippen LogP contribution in [0.3, 0.4) is 0 Å². The Morgan fingerprint density at radius 1 is 0.947 bits per heavy atom. The van der Waals surface area contributed by atoms with E-state index < -0.39 is 0 Å². The fourth-order valence-corrected chi connectivity index (χ4v) is 1.86. The lowest BCUT2D eigenvalue weighted by Crippen LogP contribution is -2.14. The van der Waals surface area contributed by atoms with Crippen LogP contribution in [0.5, 0.6) is 0 Å². The molecule has 0 spiro atoms. The molecule has 0 aliphatic rings. The SMILES string of the molecule is CC(CCCC=O)OC(=O)CCCCCCCC=O. The lowest BCUT2D eigenvalue weighted by atomic mass is 10.1. The van der Waals surface area contributed by atoms with Crippen molar-refractivity contribution in [3.63, 3.8) is 0 Å². The monoisotopic (exact) mass is 270 g/mol. The van der Waals surface area contributed by atoms with Gasteiger partial charge in [0.2, 0.25) is 0 Å². The summed E-state index contributed by atoms with van der Waals surface area (Å²) in [7, 11) is 0. The van der Waals surface area contributed by atoms with Crippen molar-refractivity contribution in [2.45, 2.75) is 77.2 Å². The first kappa shape index (κ1) is 17.8. The molecule has 4 heteroatoms. The molecule has 0 aliphatic carbocycles. The van der Waals surface area contributed by atoms with E-state index in [2.05, 4.69) is 0 Å². The van der Waals surface area contributed by atoms with Crippen LogP contribution in [0.4, 0.5) is 0 Å². The number of hydrogen-bond acceptors (Lipinski definition) is 4. The second-order valence-electron chi connectivity index (χ2n) is 4.87. The Morgan fingerprint density at radius 2 is 1.53 bits per heavy atom. The fraction of sp³-hybridized carbons (Fsp3) is 0.800. The van der Waals surface area contributed by atoms with Gasteiger partial charge in [-0.25, -0.2) is 0 Å². The van der Waals surface area contributed by atoms with Gasteiger partial charge >= 0.3 is 5.97 Å². The van der Waals surface area contributed by atoms with Gasteiger partial charge in [-0.2, -0.15) is 0 Å². The lowest BCUT2D eigenvalue weighted by molar-refractivity contribution is -0.148. The van der Waals surface area contributed by atoms with Crippen molar-refractivity contribution in [1.82, 2.24) is 0 Å². The highest BCUT2D eigenvalue weighted by Crippen LogP contribution is 2.09. The maximum atomic E-state index is 11.5. The smallest absolute Gasteiger partial charge is 0.306 e. The van der Waals surface area contributed by atoms with Crippen LogP contribution in [-0.2, 0) is 19.1 Å². The summed E-state index contributed by atoms with van der Waals surface area (Å²) in [6.45, 7) is 1.86. The van der Waals surface area contributed by atoms with E-state index in [0.29, 0.717) is 19.3 Å². The summed E-state index contributed by atoms with van der Waals surface area (Å²) < 4.78 is 5.24. The van der Waals surface area contributed by atoms with E-state index in [-0.39, 0.29) is 12.1 Å². The standard InChI is InChI=1S/C15H26O4/c1-14(10-7-9-13-17)19-15(18)11-6-4-2-3-5-8-12-16/h12-14H,2-11H2,1H3. The van der Waals surface area contributed by atoms with Crippen molar-refractivity contribution in [2.24, 2.45) is 0 Å². The Balaban J connectivity index is 3.37. The molecule has 0 N–H and O–H groups in total. The Morgan fingerprint density at radius 3 is 2.21 bits per heavy atom. The molecule has 0 aromatic rings. The molecule has 4 nitrogen and oxygen atoms in total. The van der Waals surface area contributed by atoms with Gasteiger partial charge in [0.1, 0.15) is 12.6 Å². The van der Waals surface area contributed by atoms with Crippen LogP contribution in [-0.4, -0.2) is 24.6 Å². The van der Waals surface area contributed by atoms with Gasteiger partial charge in [-0.1, -0.05) is 19.3 Å². The summed E-state index contributed by atoms with van der Waals surface area (Å²) in [5.41, 5.74) is 0. The minimum absolute atomic E-state index is 0.0972. The number of carbonyl (C=O) groups is 3. The third kappa shape index (κ3) is 13.0. The van der Waals surface area contributed by atoms with Crippen molar-refractivity contribution < 1.29 is 19.1 Å². The summed E-state index contributed by atoms with van der Waals surface area (Å²) >= 11 is 0. The predicted octanol–water partition coefficient (Wildman–Crippen LogP) is 3.22. The second-order valence-corrected chi connectivity index (χ2v) is 4.87. The van der Waals surface area contributed by atoms with Crippen LogP contribution in [0.15, 0.2) is 0 Å². The van der Waals surface area contributed by atoms with Gasteiger partial charge in [0.15, 0.2) is 0 Å². The molecule has 1 atom stereocenters. The van der Waals surface area contributed by atoms with Crippen LogP contribution in [0.1, 0.15) is 71.1 Å². The zero-order valence-corrected chi connectivity index (χ0v) is 11.9. The Hall–Kier alpha value is -1.19. The number of hydrogen-bond donors (Lipinski definition) is 0. The van der Waals surface area contributed by atoms with Crippen LogP contribution >= 0.6 is 0 Å². The van der Waals surface area contributed by atoms with Crippen molar-refractivity contribution in [3.8, 4) is 0 Å². The zero-order chi connectivity index (χ0) is 14.3. The normalized spacial score (nSPS) is 11.8. The molecule has 110 valence electrons. The molecule has 0 radical (unpaired) electrons. The first-order chi connectivity index (χ1) is 9.20. The Bertz CT molecular complexity index is 251. The van der Waals surface area contributed by atoms with Crippen LogP contribution < -0.4 is 0 Å². The number of esters is 1. The van der Waals surface area contributed by atoms with E-state index in [4.69, 9.17) is 4.74 Å². The molecule has 0 aromatic carbocycles. The van der Waals surface area contributed by atoms with E-state index in [1.807, 2.05) is 6.92 Å². The van der Waals surface area contributed by atoms with Gasteiger partial charge in [0.05, 0.1) is 6.10 Å². The summed E-state index contributed by atoms with van der Waals surface area (Å²) in [6.07, 6.45) is 9.81. The molecule has 0 saturated heterocycles. The van der Waals surface area contributed by atoms with E-state index in [9.17, 15) is 14.4 Å². The molecule has 0 bridgehead atoms. The number of carbonyl (C=O) groups excluding carboxylic acids is 3. The van der Waals surface area contributed by atoms with E-state index in [0.717, 1.165) is 57.5 Å². The molecule has 0 aliphatic heterocycles. The van der Waals surface area contributed by atoms with Crippen LogP contribution in [0.2, 0.25) is 0 Å². The molecule has 0 fully saturated rings. The highest BCUT2D eigenvalue weighted by Gasteiger charge is 2.08. The van der Waals surface area contributed by atoms with Gasteiger partial charge in [-0.3, -0.25) is 4.79 Å². The molecule has 19 heavy (non-hydrogen) atoms. The third-order valence-corrected chi connectivity index (χ3v) is 2.97. The molecular weight excluding hydrogens is 244 g/mol. The summed E-state index contributed by atoms with van der Waals surface area (Å²) in [6, 6.07) is 0. The topological polar surface area (TPSA) is 60.4 Å². The number of ether oxygens (including phenoxy) is 1. The second kappa shape index (κ2) is 13.2. The minimum atomic E-state index is -0.147. The first-order valence-corrected chi connectivity index (χ1v) is 7.27. The highest BCUT2D eigenvalue weighted by atomic mass is 16.5. The quantitative estimate of drug-likeness (QED) is 0.293. The minimum Gasteiger partial charge on any atom is -0.463 e. The molecule has 0 amide bonds. The third-order valence-electron chi connectivity index (χ3n) is 2.97. The number of aldehydes is 2. The number of unbranched alkanes of at least 4 members (excludes halogenated alkanes) is 6. The largest absolute Gasteiger partial charge is 0.463 e. The maximum absolute atomic E-state index is 11.5. The fourth-order valence-electron chi connectivity index (χ4n) is 1.86. The highest BCUT2D eigenvalue weighted by molar-refractivity contribution is 5.69. The lowest BCUT2D eigenvalue weighted by Gasteiger charge is -2.12. The van der Waals surface area contributed by atoms with E-state index in [1.165, 1.54) is 0 Å². The average Bonchev–Trinajstić information content (AvgIpc) is 2.38.